The van der Waals surface area contributed by atoms with Gasteiger partial charge in [-0.25, -0.2) is 4.79 Å². The lowest BCUT2D eigenvalue weighted by Gasteiger charge is -2.11. The van der Waals surface area contributed by atoms with Crippen LogP contribution in [0.5, 0.6) is 0 Å². The molecule has 3 rings (SSSR count). The largest absolute Gasteiger partial charge is 0.330 e. The van der Waals surface area contributed by atoms with Crippen LogP contribution in [0.3, 0.4) is 0 Å². The lowest BCUT2D eigenvalue weighted by molar-refractivity contribution is -0.116. The number of carbonyl (C=O) groups is 1. The summed E-state index contributed by atoms with van der Waals surface area (Å²) >= 11 is 0. The third kappa shape index (κ3) is 3.22. The molecule has 1 saturated carbocycles. The summed E-state index contributed by atoms with van der Waals surface area (Å²) in [5, 5.41) is 2.83. The topological polar surface area (TPSA) is 92.9 Å². The zero-order chi connectivity index (χ0) is 14.8. The van der Waals surface area contributed by atoms with Crippen LogP contribution in [-0.4, -0.2) is 21.5 Å². The number of aromatic nitrogens is 2. The summed E-state index contributed by atoms with van der Waals surface area (Å²) < 4.78 is 1.49. The van der Waals surface area contributed by atoms with Crippen LogP contribution in [0.4, 0.5) is 5.69 Å². The van der Waals surface area contributed by atoms with Gasteiger partial charge in [0.2, 0.25) is 5.91 Å². The minimum atomic E-state index is -0.192. The first-order chi connectivity index (χ1) is 10.1. The Labute approximate surface area is 122 Å². The average molecular weight is 286 g/mol. The van der Waals surface area contributed by atoms with Crippen LogP contribution in [0.1, 0.15) is 19.3 Å². The molecule has 1 atom stereocenters. The van der Waals surface area contributed by atoms with Crippen molar-refractivity contribution in [2.24, 2.45) is 11.7 Å². The number of hydrogen-bond donors (Lipinski definition) is 3. The van der Waals surface area contributed by atoms with E-state index in [-0.39, 0.29) is 17.6 Å². The second-order valence-electron chi connectivity index (χ2n) is 5.44. The van der Waals surface area contributed by atoms with Crippen LogP contribution in [0.15, 0.2) is 41.5 Å². The van der Waals surface area contributed by atoms with E-state index in [1.165, 1.54) is 4.57 Å². The Morgan fingerprint density at radius 3 is 2.67 bits per heavy atom. The molecule has 1 fully saturated rings. The van der Waals surface area contributed by atoms with E-state index < -0.39 is 0 Å². The number of hydrogen-bond acceptors (Lipinski definition) is 3. The standard InChI is InChI=1S/C15H18N4O2/c16-13(10-1-2-10)9-14(20)18-11-3-5-12(6-4-11)19-8-7-17-15(19)21/h3-8,10,13H,1-2,9,16H2,(H,17,21)(H,18,20). The highest BCUT2D eigenvalue weighted by molar-refractivity contribution is 5.91. The number of anilines is 1. The first-order valence-electron chi connectivity index (χ1n) is 7.05. The van der Waals surface area contributed by atoms with Gasteiger partial charge in [-0.3, -0.25) is 9.36 Å². The van der Waals surface area contributed by atoms with Gasteiger partial charge in [0.05, 0.1) is 5.69 Å². The van der Waals surface area contributed by atoms with Crippen molar-refractivity contribution in [1.82, 2.24) is 9.55 Å². The maximum atomic E-state index is 11.9. The molecule has 110 valence electrons. The van der Waals surface area contributed by atoms with Crippen molar-refractivity contribution in [3.05, 3.63) is 47.1 Å². The molecule has 6 heteroatoms. The Morgan fingerprint density at radius 1 is 1.38 bits per heavy atom. The number of nitrogens with one attached hydrogen (secondary N) is 2. The Kier molecular flexibility index (Phi) is 3.62. The van der Waals surface area contributed by atoms with Gasteiger partial charge < -0.3 is 16.0 Å². The summed E-state index contributed by atoms with van der Waals surface area (Å²) in [6.07, 6.45) is 5.86. The molecule has 1 unspecified atom stereocenters. The Bertz CT molecular complexity index is 682. The first kappa shape index (κ1) is 13.6. The highest BCUT2D eigenvalue weighted by atomic mass is 16.2. The van der Waals surface area contributed by atoms with E-state index in [1.807, 2.05) is 0 Å². The van der Waals surface area contributed by atoms with Gasteiger partial charge in [-0.15, -0.1) is 0 Å². The van der Waals surface area contributed by atoms with Gasteiger partial charge in [-0.05, 0) is 43.0 Å². The lowest BCUT2D eigenvalue weighted by Crippen LogP contribution is -2.28. The van der Waals surface area contributed by atoms with Gasteiger partial charge in [0.1, 0.15) is 0 Å². The zero-order valence-electron chi connectivity index (χ0n) is 11.6. The Balaban J connectivity index is 1.63. The summed E-state index contributed by atoms with van der Waals surface area (Å²) in [6, 6.07) is 7.07. The fourth-order valence-electron chi connectivity index (χ4n) is 2.35. The number of carbonyl (C=O) groups excluding carboxylic acids is 1. The van der Waals surface area contributed by atoms with Gasteiger partial charge in [-0.1, -0.05) is 0 Å². The van der Waals surface area contributed by atoms with Gasteiger partial charge in [0, 0.05) is 30.5 Å². The Hall–Kier alpha value is -2.34. The maximum absolute atomic E-state index is 11.9. The molecule has 1 aromatic heterocycles. The number of amides is 1. The lowest BCUT2D eigenvalue weighted by atomic mass is 10.1. The van der Waals surface area contributed by atoms with Crippen molar-refractivity contribution < 1.29 is 4.79 Å². The van der Waals surface area contributed by atoms with E-state index in [1.54, 1.807) is 36.7 Å². The van der Waals surface area contributed by atoms with Crippen LogP contribution in [-0.2, 0) is 4.79 Å². The van der Waals surface area contributed by atoms with Gasteiger partial charge in [0.25, 0.3) is 0 Å². The van der Waals surface area contributed by atoms with Crippen LogP contribution in [0.25, 0.3) is 5.69 Å². The molecule has 1 aliphatic carbocycles. The Morgan fingerprint density at radius 2 is 2.10 bits per heavy atom. The predicted octanol–water partition coefficient (Wildman–Crippen LogP) is 1.23. The molecule has 2 aromatic rings. The normalized spacial score (nSPS) is 15.7. The number of nitrogens with two attached hydrogens (primary N) is 1. The van der Waals surface area contributed by atoms with Crippen molar-refractivity contribution >= 4 is 11.6 Å². The summed E-state index contributed by atoms with van der Waals surface area (Å²) in [4.78, 5) is 25.9. The van der Waals surface area contributed by atoms with E-state index in [0.29, 0.717) is 18.0 Å². The van der Waals surface area contributed by atoms with E-state index in [4.69, 9.17) is 5.73 Å². The van der Waals surface area contributed by atoms with Crippen LogP contribution < -0.4 is 16.7 Å². The molecule has 0 radical (unpaired) electrons. The van der Waals surface area contributed by atoms with Gasteiger partial charge in [0.15, 0.2) is 0 Å². The third-order valence-electron chi connectivity index (χ3n) is 3.73. The number of rotatable bonds is 5. The number of benzene rings is 1. The smallest absolute Gasteiger partial charge is 0.327 e. The monoisotopic (exact) mass is 286 g/mol. The minimum Gasteiger partial charge on any atom is -0.327 e. The molecule has 0 spiro atoms. The summed E-state index contributed by atoms with van der Waals surface area (Å²) in [5.41, 5.74) is 7.19. The SMILES string of the molecule is NC(CC(=O)Nc1ccc(-n2cc[nH]c2=O)cc1)C1CC1. The number of imidazole rings is 1. The molecular formula is C15H18N4O2. The van der Waals surface area contributed by atoms with Crippen molar-refractivity contribution in [3.63, 3.8) is 0 Å². The molecule has 0 bridgehead atoms. The van der Waals surface area contributed by atoms with Crippen molar-refractivity contribution in [2.45, 2.75) is 25.3 Å². The number of nitrogens with zero attached hydrogens (tertiary/aromatic N) is 1. The fourth-order valence-corrected chi connectivity index (χ4v) is 2.35. The molecule has 0 aliphatic heterocycles. The number of H-pyrrole nitrogens is 1. The van der Waals surface area contributed by atoms with E-state index in [9.17, 15) is 9.59 Å². The van der Waals surface area contributed by atoms with Crippen LogP contribution in [0.2, 0.25) is 0 Å². The first-order valence-corrected chi connectivity index (χ1v) is 7.05. The van der Waals surface area contributed by atoms with E-state index >= 15 is 0 Å². The molecule has 1 aliphatic rings. The van der Waals surface area contributed by atoms with Crippen LogP contribution in [0, 0.1) is 5.92 Å². The highest BCUT2D eigenvalue weighted by Crippen LogP contribution is 2.32. The molecule has 21 heavy (non-hydrogen) atoms. The maximum Gasteiger partial charge on any atom is 0.330 e. The summed E-state index contributed by atoms with van der Waals surface area (Å²) in [5.74, 6) is 0.444. The van der Waals surface area contributed by atoms with Gasteiger partial charge in [-0.2, -0.15) is 0 Å². The van der Waals surface area contributed by atoms with Crippen molar-refractivity contribution in [2.75, 3.05) is 5.32 Å². The average Bonchev–Trinajstić information content (AvgIpc) is 3.22. The fraction of sp³-hybridized carbons (Fsp3) is 0.333. The van der Waals surface area contributed by atoms with E-state index in [2.05, 4.69) is 10.3 Å². The zero-order valence-corrected chi connectivity index (χ0v) is 11.6. The molecule has 1 aromatic carbocycles. The summed E-state index contributed by atoms with van der Waals surface area (Å²) in [6.45, 7) is 0. The molecule has 0 saturated heterocycles. The third-order valence-corrected chi connectivity index (χ3v) is 3.73. The number of aromatic amines is 1. The quantitative estimate of drug-likeness (QED) is 0.771. The van der Waals surface area contributed by atoms with Crippen LogP contribution >= 0.6 is 0 Å². The molecule has 6 nitrogen and oxygen atoms in total. The second kappa shape index (κ2) is 5.57. The minimum absolute atomic E-state index is 0.0392. The summed E-state index contributed by atoms with van der Waals surface area (Å²) in [7, 11) is 0. The van der Waals surface area contributed by atoms with E-state index in [0.717, 1.165) is 18.5 Å². The molecular weight excluding hydrogens is 268 g/mol. The molecule has 4 N–H and O–H groups in total. The second-order valence-corrected chi connectivity index (χ2v) is 5.44. The van der Waals surface area contributed by atoms with Gasteiger partial charge >= 0.3 is 5.69 Å². The molecule has 1 heterocycles. The predicted molar refractivity (Wildman–Crippen MR) is 80.3 cm³/mol. The molecule has 1 amide bonds. The highest BCUT2D eigenvalue weighted by Gasteiger charge is 2.29. The van der Waals surface area contributed by atoms with Crippen molar-refractivity contribution in [3.8, 4) is 5.69 Å². The van der Waals surface area contributed by atoms with Crippen molar-refractivity contribution in [1.29, 1.82) is 0 Å².